The van der Waals surface area contributed by atoms with Crippen molar-refractivity contribution in [1.29, 1.82) is 0 Å². The fourth-order valence-electron chi connectivity index (χ4n) is 4.07. The molecule has 0 saturated heterocycles. The van der Waals surface area contributed by atoms with Gasteiger partial charge in [-0.3, -0.25) is 4.79 Å². The molecule has 3 heterocycles. The minimum Gasteiger partial charge on any atom is -0.488 e. The Hall–Kier alpha value is -3.61. The molecule has 2 aromatic carbocycles. The summed E-state index contributed by atoms with van der Waals surface area (Å²) in [5, 5.41) is 9.42. The second-order valence-corrected chi connectivity index (χ2v) is 7.95. The third kappa shape index (κ3) is 4.17. The van der Waals surface area contributed by atoms with Gasteiger partial charge >= 0.3 is 0 Å². The molecule has 4 aromatic rings. The van der Waals surface area contributed by atoms with Crippen LogP contribution in [0, 0.1) is 0 Å². The number of carbonyl (C=O) groups is 1. The highest BCUT2D eigenvalue weighted by molar-refractivity contribution is 5.83. The number of fused-ring (bicyclic) bond motifs is 2. The van der Waals surface area contributed by atoms with Crippen LogP contribution in [0.2, 0.25) is 0 Å². The Labute approximate surface area is 180 Å². The molecule has 0 aliphatic carbocycles. The van der Waals surface area contributed by atoms with Crippen LogP contribution in [0.4, 0.5) is 0 Å². The van der Waals surface area contributed by atoms with Gasteiger partial charge in [-0.25, -0.2) is 0 Å². The summed E-state index contributed by atoms with van der Waals surface area (Å²) < 4.78 is 11.7. The van der Waals surface area contributed by atoms with E-state index in [1.807, 2.05) is 49.6 Å². The number of nitrogens with zero attached hydrogens (tertiary/aromatic N) is 3. The number of benzene rings is 2. The van der Waals surface area contributed by atoms with Crippen LogP contribution >= 0.6 is 0 Å². The first-order valence-corrected chi connectivity index (χ1v) is 10.5. The first-order chi connectivity index (χ1) is 15.2. The van der Waals surface area contributed by atoms with E-state index < -0.39 is 0 Å². The molecule has 0 spiro atoms. The van der Waals surface area contributed by atoms with E-state index in [2.05, 4.69) is 27.3 Å². The molecule has 158 valence electrons. The van der Waals surface area contributed by atoms with Crippen molar-refractivity contribution in [3.63, 3.8) is 0 Å². The number of para-hydroxylation sites is 2. The van der Waals surface area contributed by atoms with Crippen molar-refractivity contribution in [3.05, 3.63) is 77.6 Å². The quantitative estimate of drug-likeness (QED) is 0.498. The van der Waals surface area contributed by atoms with Gasteiger partial charge in [-0.1, -0.05) is 36.4 Å². The fourth-order valence-corrected chi connectivity index (χ4v) is 4.07. The maximum atomic E-state index is 12.6. The summed E-state index contributed by atoms with van der Waals surface area (Å²) in [7, 11) is 1.81. The molecule has 0 radical (unpaired) electrons. The zero-order valence-corrected chi connectivity index (χ0v) is 17.4. The predicted molar refractivity (Wildman–Crippen MR) is 116 cm³/mol. The number of nitrogens with one attached hydrogen (secondary N) is 1. The Morgan fingerprint density at radius 2 is 1.94 bits per heavy atom. The molecule has 5 rings (SSSR count). The number of hydrogen-bond acceptors (Lipinski definition) is 5. The Balaban J connectivity index is 1.13. The number of aryl methyl sites for hydroxylation is 1. The maximum absolute atomic E-state index is 12.6. The van der Waals surface area contributed by atoms with Crippen LogP contribution < -0.4 is 4.74 Å². The number of likely N-dealkylation sites (N-methyl/N-ethyl adjacent to an activating group) is 1. The standard InChI is InChI=1S/C24H24N4O3/c1-28(15-18-12-16-6-2-5-9-21(16)30-18)24(29)11-10-22-26-27-23(31-22)13-17-14-25-20-8-4-3-7-19(17)20/h2-9,14,18,25H,10-13,15H2,1H3/t18-/m0/s1. The summed E-state index contributed by atoms with van der Waals surface area (Å²) in [5.74, 6) is 2.00. The highest BCUT2D eigenvalue weighted by atomic mass is 16.5. The molecule has 7 heteroatoms. The van der Waals surface area contributed by atoms with E-state index in [0.717, 1.165) is 28.6 Å². The number of ether oxygens (including phenoxy) is 1. The first kappa shape index (κ1) is 19.4. The van der Waals surface area contributed by atoms with E-state index in [9.17, 15) is 4.79 Å². The zero-order valence-electron chi connectivity index (χ0n) is 17.4. The molecule has 0 bridgehead atoms. The van der Waals surface area contributed by atoms with Crippen LogP contribution in [0.15, 0.2) is 59.1 Å². The summed E-state index contributed by atoms with van der Waals surface area (Å²) in [6.45, 7) is 0.559. The Bertz CT molecular complexity index is 1190. The molecule has 0 saturated carbocycles. The number of aromatic nitrogens is 3. The van der Waals surface area contributed by atoms with Crippen LogP contribution in [-0.4, -0.2) is 45.7 Å². The van der Waals surface area contributed by atoms with Crippen LogP contribution in [0.5, 0.6) is 5.75 Å². The smallest absolute Gasteiger partial charge is 0.222 e. The molecular formula is C24H24N4O3. The highest BCUT2D eigenvalue weighted by Gasteiger charge is 2.25. The molecule has 1 N–H and O–H groups in total. The van der Waals surface area contributed by atoms with E-state index in [4.69, 9.17) is 9.15 Å². The van der Waals surface area contributed by atoms with Gasteiger partial charge in [0.1, 0.15) is 11.9 Å². The summed E-state index contributed by atoms with van der Waals surface area (Å²) in [4.78, 5) is 17.5. The third-order valence-electron chi connectivity index (χ3n) is 5.70. The minimum atomic E-state index is -0.00229. The lowest BCUT2D eigenvalue weighted by atomic mass is 10.1. The van der Waals surface area contributed by atoms with Gasteiger partial charge in [0.25, 0.3) is 0 Å². The van der Waals surface area contributed by atoms with Gasteiger partial charge in [0.15, 0.2) is 0 Å². The van der Waals surface area contributed by atoms with Gasteiger partial charge < -0.3 is 19.0 Å². The van der Waals surface area contributed by atoms with Crippen molar-refractivity contribution >= 4 is 16.8 Å². The van der Waals surface area contributed by atoms with Crippen LogP contribution in [0.1, 0.15) is 29.3 Å². The van der Waals surface area contributed by atoms with Gasteiger partial charge in [-0.2, -0.15) is 0 Å². The summed E-state index contributed by atoms with van der Waals surface area (Å²) >= 11 is 0. The highest BCUT2D eigenvalue weighted by Crippen LogP contribution is 2.28. The monoisotopic (exact) mass is 416 g/mol. The van der Waals surface area contributed by atoms with Crippen molar-refractivity contribution in [1.82, 2.24) is 20.1 Å². The van der Waals surface area contributed by atoms with Crippen molar-refractivity contribution in [2.24, 2.45) is 0 Å². The van der Waals surface area contributed by atoms with Crippen molar-refractivity contribution in [2.45, 2.75) is 31.8 Å². The lowest BCUT2D eigenvalue weighted by molar-refractivity contribution is -0.130. The van der Waals surface area contributed by atoms with Crippen molar-refractivity contribution < 1.29 is 13.9 Å². The topological polar surface area (TPSA) is 84.2 Å². The first-order valence-electron chi connectivity index (χ1n) is 10.5. The second-order valence-electron chi connectivity index (χ2n) is 7.95. The minimum absolute atomic E-state index is 0.00229. The largest absolute Gasteiger partial charge is 0.488 e. The van der Waals surface area contributed by atoms with E-state index >= 15 is 0 Å². The number of amides is 1. The summed E-state index contributed by atoms with van der Waals surface area (Å²) in [5.41, 5.74) is 3.39. The van der Waals surface area contributed by atoms with Gasteiger partial charge in [0.2, 0.25) is 17.7 Å². The molecular weight excluding hydrogens is 392 g/mol. The van der Waals surface area contributed by atoms with Gasteiger partial charge in [0, 0.05) is 43.4 Å². The normalized spacial score (nSPS) is 15.1. The lowest BCUT2D eigenvalue weighted by Gasteiger charge is -2.20. The number of rotatable bonds is 7. The lowest BCUT2D eigenvalue weighted by Crippen LogP contribution is -2.36. The van der Waals surface area contributed by atoms with E-state index in [1.54, 1.807) is 4.90 Å². The number of carbonyl (C=O) groups excluding carboxylic acids is 1. The second kappa shape index (κ2) is 8.26. The Morgan fingerprint density at radius 3 is 2.84 bits per heavy atom. The van der Waals surface area contributed by atoms with Crippen molar-refractivity contribution in [3.8, 4) is 5.75 Å². The number of aromatic amines is 1. The van der Waals surface area contributed by atoms with E-state index in [-0.39, 0.29) is 12.0 Å². The number of H-pyrrole nitrogens is 1. The predicted octanol–water partition coefficient (Wildman–Crippen LogP) is 3.54. The zero-order chi connectivity index (χ0) is 21.2. The van der Waals surface area contributed by atoms with E-state index in [1.165, 1.54) is 5.56 Å². The molecule has 0 fully saturated rings. The van der Waals surface area contributed by atoms with Gasteiger partial charge in [0.05, 0.1) is 13.0 Å². The van der Waals surface area contributed by atoms with Gasteiger partial charge in [-0.15, -0.1) is 10.2 Å². The molecule has 7 nitrogen and oxygen atoms in total. The summed E-state index contributed by atoms with van der Waals surface area (Å²) in [6, 6.07) is 16.1. The number of hydrogen-bond donors (Lipinski definition) is 1. The van der Waals surface area contributed by atoms with Crippen molar-refractivity contribution in [2.75, 3.05) is 13.6 Å². The molecule has 1 amide bonds. The molecule has 1 aliphatic rings. The average molecular weight is 416 g/mol. The van der Waals surface area contributed by atoms with Crippen LogP contribution in [0.3, 0.4) is 0 Å². The summed E-state index contributed by atoms with van der Waals surface area (Å²) in [6.07, 6.45) is 4.11. The van der Waals surface area contributed by atoms with E-state index in [0.29, 0.717) is 37.6 Å². The molecule has 31 heavy (non-hydrogen) atoms. The van der Waals surface area contributed by atoms with Crippen LogP contribution in [0.25, 0.3) is 10.9 Å². The van der Waals surface area contributed by atoms with Crippen LogP contribution in [-0.2, 0) is 24.1 Å². The Kier molecular flexibility index (Phi) is 5.16. The fraction of sp³-hybridized carbons (Fsp3) is 0.292. The Morgan fingerprint density at radius 1 is 1.13 bits per heavy atom. The maximum Gasteiger partial charge on any atom is 0.222 e. The molecule has 1 aliphatic heterocycles. The molecule has 0 unspecified atom stereocenters. The third-order valence-corrected chi connectivity index (χ3v) is 5.70. The molecule has 1 atom stereocenters. The molecule has 2 aromatic heterocycles. The average Bonchev–Trinajstić information content (AvgIpc) is 3.50. The SMILES string of the molecule is CN(C[C@@H]1Cc2ccccc2O1)C(=O)CCc1nnc(Cc2c[nH]c3ccccc23)o1. The van der Waals surface area contributed by atoms with Gasteiger partial charge in [-0.05, 0) is 23.3 Å².